The van der Waals surface area contributed by atoms with E-state index in [0.29, 0.717) is 13.0 Å². The van der Waals surface area contributed by atoms with Crippen LogP contribution in [0, 0.1) is 25.2 Å². The van der Waals surface area contributed by atoms with E-state index < -0.39 is 0 Å². The highest BCUT2D eigenvalue weighted by Gasteiger charge is 2.03. The van der Waals surface area contributed by atoms with E-state index in [2.05, 4.69) is 6.07 Å². The Morgan fingerprint density at radius 1 is 1.25 bits per heavy atom. The Balaban J connectivity index is 2.48. The Bertz CT molecular complexity index is 394. The summed E-state index contributed by atoms with van der Waals surface area (Å²) in [5.74, 6) is 0.847. The van der Waals surface area contributed by atoms with Crippen molar-refractivity contribution < 1.29 is 4.74 Å². The number of nitrogens with two attached hydrogens (primary N) is 1. The fraction of sp³-hybridized carbons (Fsp3) is 0.462. The van der Waals surface area contributed by atoms with Crippen molar-refractivity contribution in [3.63, 3.8) is 0 Å². The van der Waals surface area contributed by atoms with Gasteiger partial charge in [-0.25, -0.2) is 0 Å². The number of benzene rings is 1. The average molecular weight is 218 g/mol. The maximum absolute atomic E-state index is 8.39. The first-order valence-electron chi connectivity index (χ1n) is 5.51. The second-order valence-electron chi connectivity index (χ2n) is 3.94. The van der Waals surface area contributed by atoms with E-state index in [1.54, 1.807) is 0 Å². The third kappa shape index (κ3) is 3.47. The van der Waals surface area contributed by atoms with E-state index in [-0.39, 0.29) is 0 Å². The topological polar surface area (TPSA) is 59.0 Å². The van der Waals surface area contributed by atoms with Crippen LogP contribution in [0.25, 0.3) is 0 Å². The lowest BCUT2D eigenvalue weighted by atomic mass is 10.1. The van der Waals surface area contributed by atoms with Crippen molar-refractivity contribution in [3.8, 4) is 11.8 Å². The van der Waals surface area contributed by atoms with Crippen LogP contribution in [0.2, 0.25) is 0 Å². The lowest BCUT2D eigenvalue weighted by Crippen LogP contribution is -2.00. The van der Waals surface area contributed by atoms with Gasteiger partial charge in [0.1, 0.15) is 5.75 Å². The lowest BCUT2D eigenvalue weighted by Gasteiger charge is -2.11. The number of nitrogens with zero attached hydrogens (tertiary/aromatic N) is 1. The number of anilines is 1. The molecule has 0 fully saturated rings. The molecule has 1 rings (SSSR count). The highest BCUT2D eigenvalue weighted by Crippen LogP contribution is 2.24. The molecule has 0 aliphatic heterocycles. The summed E-state index contributed by atoms with van der Waals surface area (Å²) in [5.41, 5.74) is 8.76. The summed E-state index contributed by atoms with van der Waals surface area (Å²) in [7, 11) is 0. The summed E-state index contributed by atoms with van der Waals surface area (Å²) < 4.78 is 5.63. The van der Waals surface area contributed by atoms with Crippen LogP contribution in [-0.4, -0.2) is 6.61 Å². The third-order valence-electron chi connectivity index (χ3n) is 2.50. The molecule has 2 N–H and O–H groups in total. The van der Waals surface area contributed by atoms with Crippen molar-refractivity contribution in [3.05, 3.63) is 23.3 Å². The zero-order valence-electron chi connectivity index (χ0n) is 9.92. The molecule has 16 heavy (non-hydrogen) atoms. The number of hydrogen-bond acceptors (Lipinski definition) is 3. The molecule has 0 amide bonds. The molecule has 0 unspecified atom stereocenters. The quantitative estimate of drug-likeness (QED) is 0.610. The van der Waals surface area contributed by atoms with Gasteiger partial charge in [-0.2, -0.15) is 5.26 Å². The van der Waals surface area contributed by atoms with Gasteiger partial charge in [-0.3, -0.25) is 0 Å². The number of nitriles is 1. The number of unbranched alkanes of at least 4 members (excludes halogenated alkanes) is 2. The molecule has 0 saturated heterocycles. The van der Waals surface area contributed by atoms with Crippen molar-refractivity contribution in [2.45, 2.75) is 33.1 Å². The molecule has 86 valence electrons. The van der Waals surface area contributed by atoms with Gasteiger partial charge in [-0.1, -0.05) is 6.07 Å². The first kappa shape index (κ1) is 12.4. The second-order valence-corrected chi connectivity index (χ2v) is 3.94. The molecule has 0 spiro atoms. The minimum absolute atomic E-state index is 0.596. The molecule has 1 aromatic carbocycles. The predicted molar refractivity (Wildman–Crippen MR) is 65.3 cm³/mol. The zero-order chi connectivity index (χ0) is 12.0. The number of hydrogen-bond donors (Lipinski definition) is 1. The predicted octanol–water partition coefficient (Wildman–Crippen LogP) is 2.96. The molecular weight excluding hydrogens is 200 g/mol. The van der Waals surface area contributed by atoms with Gasteiger partial charge in [-0.15, -0.1) is 0 Å². The van der Waals surface area contributed by atoms with Gasteiger partial charge in [0, 0.05) is 18.2 Å². The highest BCUT2D eigenvalue weighted by atomic mass is 16.5. The van der Waals surface area contributed by atoms with E-state index >= 15 is 0 Å². The molecule has 0 atom stereocenters. The Morgan fingerprint density at radius 3 is 2.69 bits per heavy atom. The number of ether oxygens (including phenoxy) is 1. The SMILES string of the molecule is Cc1cc(C)c(OCCCCC#N)cc1N. The van der Waals surface area contributed by atoms with E-state index in [9.17, 15) is 0 Å². The molecule has 0 saturated carbocycles. The number of nitrogen functional groups attached to an aromatic ring is 1. The van der Waals surface area contributed by atoms with Crippen LogP contribution in [0.1, 0.15) is 30.4 Å². The largest absolute Gasteiger partial charge is 0.493 e. The van der Waals surface area contributed by atoms with E-state index in [4.69, 9.17) is 15.7 Å². The van der Waals surface area contributed by atoms with E-state index in [1.807, 2.05) is 26.0 Å². The van der Waals surface area contributed by atoms with Crippen molar-refractivity contribution in [1.29, 1.82) is 5.26 Å². The van der Waals surface area contributed by atoms with Crippen LogP contribution in [-0.2, 0) is 0 Å². The molecule has 3 heteroatoms. The second kappa shape index (κ2) is 6.02. The number of rotatable bonds is 5. The Morgan fingerprint density at radius 2 is 2.00 bits per heavy atom. The highest BCUT2D eigenvalue weighted by molar-refractivity contribution is 5.54. The van der Waals surface area contributed by atoms with Crippen molar-refractivity contribution in [2.75, 3.05) is 12.3 Å². The van der Waals surface area contributed by atoms with E-state index in [1.165, 1.54) is 0 Å². The Labute approximate surface area is 96.8 Å². The molecule has 1 aromatic rings. The molecule has 0 aliphatic rings. The van der Waals surface area contributed by atoms with Gasteiger partial charge < -0.3 is 10.5 Å². The maximum atomic E-state index is 8.39. The summed E-state index contributed by atoms with van der Waals surface area (Å²) in [6, 6.07) is 6.02. The normalized spacial score (nSPS) is 9.81. The molecule has 3 nitrogen and oxygen atoms in total. The number of aryl methyl sites for hydroxylation is 2. The maximum Gasteiger partial charge on any atom is 0.124 e. The van der Waals surface area contributed by atoms with Crippen LogP contribution < -0.4 is 10.5 Å². The standard InChI is InChI=1S/C13H18N2O/c1-10-8-11(2)13(9-12(10)15)16-7-5-3-4-6-14/h8-9H,3-5,7,15H2,1-2H3. The van der Waals surface area contributed by atoms with Gasteiger partial charge in [0.15, 0.2) is 0 Å². The molecule has 0 aliphatic carbocycles. The summed E-state index contributed by atoms with van der Waals surface area (Å²) in [5, 5.41) is 8.39. The van der Waals surface area contributed by atoms with Gasteiger partial charge >= 0.3 is 0 Å². The fourth-order valence-corrected chi connectivity index (χ4v) is 1.49. The Kier molecular flexibility index (Phi) is 4.65. The summed E-state index contributed by atoms with van der Waals surface area (Å²) in [6.07, 6.45) is 2.38. The first-order chi connectivity index (χ1) is 7.65. The Hall–Kier alpha value is -1.69. The van der Waals surface area contributed by atoms with E-state index in [0.717, 1.165) is 35.4 Å². The van der Waals surface area contributed by atoms with Gasteiger partial charge in [0.25, 0.3) is 0 Å². The van der Waals surface area contributed by atoms with Crippen LogP contribution >= 0.6 is 0 Å². The third-order valence-corrected chi connectivity index (χ3v) is 2.50. The van der Waals surface area contributed by atoms with Crippen molar-refractivity contribution >= 4 is 5.69 Å². The summed E-state index contributed by atoms with van der Waals surface area (Å²) >= 11 is 0. The molecule has 0 heterocycles. The minimum atomic E-state index is 0.596. The summed E-state index contributed by atoms with van der Waals surface area (Å²) in [6.45, 7) is 4.64. The lowest BCUT2D eigenvalue weighted by molar-refractivity contribution is 0.306. The van der Waals surface area contributed by atoms with Gasteiger partial charge in [0.05, 0.1) is 12.7 Å². The first-order valence-corrected chi connectivity index (χ1v) is 5.51. The molecule has 0 bridgehead atoms. The zero-order valence-corrected chi connectivity index (χ0v) is 9.92. The smallest absolute Gasteiger partial charge is 0.124 e. The molecule has 0 aromatic heterocycles. The van der Waals surface area contributed by atoms with Crippen LogP contribution in [0.3, 0.4) is 0 Å². The van der Waals surface area contributed by atoms with Gasteiger partial charge in [0.2, 0.25) is 0 Å². The monoisotopic (exact) mass is 218 g/mol. The van der Waals surface area contributed by atoms with Crippen LogP contribution in [0.15, 0.2) is 12.1 Å². The van der Waals surface area contributed by atoms with Gasteiger partial charge in [-0.05, 0) is 37.8 Å². The summed E-state index contributed by atoms with van der Waals surface area (Å²) in [4.78, 5) is 0. The molecular formula is C13H18N2O. The van der Waals surface area contributed by atoms with Crippen molar-refractivity contribution in [1.82, 2.24) is 0 Å². The van der Waals surface area contributed by atoms with Crippen molar-refractivity contribution in [2.24, 2.45) is 0 Å². The molecule has 0 radical (unpaired) electrons. The van der Waals surface area contributed by atoms with Crippen LogP contribution in [0.5, 0.6) is 5.75 Å². The fourth-order valence-electron chi connectivity index (χ4n) is 1.49. The van der Waals surface area contributed by atoms with Crippen LogP contribution in [0.4, 0.5) is 5.69 Å². The minimum Gasteiger partial charge on any atom is -0.493 e. The average Bonchev–Trinajstić information content (AvgIpc) is 2.25.